The van der Waals surface area contributed by atoms with Crippen molar-refractivity contribution >= 4 is 15.7 Å². The highest BCUT2D eigenvalue weighted by atomic mass is 32.2. The Kier molecular flexibility index (Phi) is 5.60. The highest BCUT2D eigenvalue weighted by molar-refractivity contribution is 7.89. The number of nitro benzene ring substituents is 1. The summed E-state index contributed by atoms with van der Waals surface area (Å²) in [6, 6.07) is 9.35. The molecule has 0 radical (unpaired) electrons. The molecule has 0 heterocycles. The molecule has 2 rings (SSSR count). The zero-order valence-electron chi connectivity index (χ0n) is 13.9. The van der Waals surface area contributed by atoms with E-state index in [9.17, 15) is 18.5 Å². The second-order valence-electron chi connectivity index (χ2n) is 5.21. The van der Waals surface area contributed by atoms with Gasteiger partial charge < -0.3 is 9.47 Å². The molecule has 0 fully saturated rings. The fourth-order valence-electron chi connectivity index (χ4n) is 2.26. The van der Waals surface area contributed by atoms with Gasteiger partial charge in [-0.3, -0.25) is 10.1 Å². The van der Waals surface area contributed by atoms with E-state index in [4.69, 9.17) is 9.47 Å². The quantitative estimate of drug-likeness (QED) is 0.596. The van der Waals surface area contributed by atoms with E-state index < -0.39 is 21.0 Å². The van der Waals surface area contributed by atoms with Gasteiger partial charge in [-0.2, -0.15) is 0 Å². The fourth-order valence-corrected chi connectivity index (χ4v) is 3.53. The number of non-ortho nitro benzene ring substituents is 1. The van der Waals surface area contributed by atoms with Gasteiger partial charge in [-0.25, -0.2) is 13.1 Å². The summed E-state index contributed by atoms with van der Waals surface area (Å²) in [6.45, 7) is 1.66. The van der Waals surface area contributed by atoms with Crippen molar-refractivity contribution in [3.63, 3.8) is 0 Å². The normalized spacial score (nSPS) is 12.4. The van der Waals surface area contributed by atoms with E-state index in [1.165, 1.54) is 32.4 Å². The Labute approximate surface area is 145 Å². The number of sulfonamides is 1. The van der Waals surface area contributed by atoms with Gasteiger partial charge >= 0.3 is 0 Å². The van der Waals surface area contributed by atoms with Gasteiger partial charge in [0.2, 0.25) is 10.0 Å². The van der Waals surface area contributed by atoms with Crippen molar-refractivity contribution in [2.45, 2.75) is 17.9 Å². The van der Waals surface area contributed by atoms with Crippen molar-refractivity contribution in [2.24, 2.45) is 0 Å². The summed E-state index contributed by atoms with van der Waals surface area (Å²) in [5.41, 5.74) is 0.369. The Balaban J connectivity index is 2.28. The van der Waals surface area contributed by atoms with E-state index in [1.807, 2.05) is 0 Å². The molecule has 0 unspecified atom stereocenters. The maximum atomic E-state index is 12.5. The first-order valence-electron chi connectivity index (χ1n) is 7.27. The van der Waals surface area contributed by atoms with Crippen molar-refractivity contribution in [2.75, 3.05) is 14.2 Å². The Bertz CT molecular complexity index is 882. The van der Waals surface area contributed by atoms with Crippen LogP contribution in [0.25, 0.3) is 0 Å². The lowest BCUT2D eigenvalue weighted by molar-refractivity contribution is -0.385. The Morgan fingerprint density at radius 3 is 2.36 bits per heavy atom. The van der Waals surface area contributed by atoms with Crippen LogP contribution in [0.1, 0.15) is 18.5 Å². The number of methoxy groups -OCH3 is 2. The van der Waals surface area contributed by atoms with Crippen LogP contribution in [0, 0.1) is 10.1 Å². The van der Waals surface area contributed by atoms with Crippen LogP contribution in [-0.4, -0.2) is 27.6 Å². The average Bonchev–Trinajstić information content (AvgIpc) is 2.60. The SMILES string of the molecule is COc1ccc([C@@H](C)NS(=O)(=O)c2cccc([N+](=O)[O-])c2)cc1OC. The van der Waals surface area contributed by atoms with Crippen LogP contribution >= 0.6 is 0 Å². The van der Waals surface area contributed by atoms with Crippen LogP contribution in [0.3, 0.4) is 0 Å². The number of nitrogens with zero attached hydrogens (tertiary/aromatic N) is 1. The minimum Gasteiger partial charge on any atom is -0.493 e. The minimum atomic E-state index is -3.93. The number of nitro groups is 1. The third-order valence-corrected chi connectivity index (χ3v) is 5.12. The molecule has 0 spiro atoms. The van der Waals surface area contributed by atoms with Crippen LogP contribution < -0.4 is 14.2 Å². The third-order valence-electron chi connectivity index (χ3n) is 3.58. The summed E-state index contributed by atoms with van der Waals surface area (Å²) in [5, 5.41) is 10.8. The highest BCUT2D eigenvalue weighted by Gasteiger charge is 2.21. The minimum absolute atomic E-state index is 0.172. The van der Waals surface area contributed by atoms with Crippen LogP contribution in [0.2, 0.25) is 0 Å². The third kappa shape index (κ3) is 4.25. The van der Waals surface area contributed by atoms with Gasteiger partial charge in [0.15, 0.2) is 11.5 Å². The lowest BCUT2D eigenvalue weighted by Crippen LogP contribution is -2.27. The number of nitrogens with one attached hydrogen (secondary N) is 1. The molecule has 1 N–H and O–H groups in total. The first kappa shape index (κ1) is 18.7. The molecule has 0 amide bonds. The molecular formula is C16H18N2O6S. The summed E-state index contributed by atoms with van der Waals surface area (Å²) in [7, 11) is -0.934. The average molecular weight is 366 g/mol. The Hall–Kier alpha value is -2.65. The molecule has 2 aromatic rings. The molecule has 0 saturated carbocycles. The van der Waals surface area contributed by atoms with E-state index in [-0.39, 0.29) is 10.6 Å². The number of benzene rings is 2. The summed E-state index contributed by atoms with van der Waals surface area (Å²) in [4.78, 5) is 10.0. The van der Waals surface area contributed by atoms with Crippen LogP contribution in [0.5, 0.6) is 11.5 Å². The smallest absolute Gasteiger partial charge is 0.270 e. The predicted molar refractivity (Wildman–Crippen MR) is 91.4 cm³/mol. The molecule has 2 aromatic carbocycles. The maximum absolute atomic E-state index is 12.5. The first-order chi connectivity index (χ1) is 11.8. The lowest BCUT2D eigenvalue weighted by Gasteiger charge is -2.16. The van der Waals surface area contributed by atoms with E-state index >= 15 is 0 Å². The van der Waals surface area contributed by atoms with Crippen molar-refractivity contribution in [3.8, 4) is 11.5 Å². The van der Waals surface area contributed by atoms with Crippen LogP contribution in [0.4, 0.5) is 5.69 Å². The van der Waals surface area contributed by atoms with E-state index in [0.717, 1.165) is 6.07 Å². The molecule has 9 heteroatoms. The standard InChI is InChI=1S/C16H18N2O6S/c1-11(12-7-8-15(23-2)16(9-12)24-3)17-25(21,22)14-6-4-5-13(10-14)18(19)20/h4-11,17H,1-3H3/t11-/m1/s1. The van der Waals surface area contributed by atoms with Gasteiger partial charge in [-0.1, -0.05) is 12.1 Å². The molecule has 25 heavy (non-hydrogen) atoms. The van der Waals surface area contributed by atoms with Crippen molar-refractivity contribution < 1.29 is 22.8 Å². The van der Waals surface area contributed by atoms with Crippen molar-refractivity contribution in [1.29, 1.82) is 0 Å². The van der Waals surface area contributed by atoms with Crippen molar-refractivity contribution in [1.82, 2.24) is 4.72 Å². The second kappa shape index (κ2) is 7.49. The number of ether oxygens (including phenoxy) is 2. The van der Waals surface area contributed by atoms with Gasteiger partial charge in [0.1, 0.15) is 0 Å². The molecule has 1 atom stereocenters. The number of hydrogen-bond donors (Lipinski definition) is 1. The fraction of sp³-hybridized carbons (Fsp3) is 0.250. The van der Waals surface area contributed by atoms with Crippen LogP contribution in [0.15, 0.2) is 47.4 Å². The maximum Gasteiger partial charge on any atom is 0.270 e. The molecule has 0 aromatic heterocycles. The summed E-state index contributed by atoms with van der Waals surface area (Å²) in [6.07, 6.45) is 0. The van der Waals surface area contributed by atoms with Gasteiger partial charge in [0.05, 0.1) is 24.0 Å². The van der Waals surface area contributed by atoms with Crippen molar-refractivity contribution in [3.05, 3.63) is 58.1 Å². The predicted octanol–water partition coefficient (Wildman–Crippen LogP) is 2.65. The lowest BCUT2D eigenvalue weighted by atomic mass is 10.1. The molecule has 134 valence electrons. The largest absolute Gasteiger partial charge is 0.493 e. The number of rotatable bonds is 7. The van der Waals surface area contributed by atoms with Gasteiger partial charge in [-0.05, 0) is 30.7 Å². The van der Waals surface area contributed by atoms with E-state index in [0.29, 0.717) is 17.1 Å². The molecule has 0 aliphatic rings. The molecule has 8 nitrogen and oxygen atoms in total. The van der Waals surface area contributed by atoms with Crippen LogP contribution in [-0.2, 0) is 10.0 Å². The van der Waals surface area contributed by atoms with Gasteiger partial charge in [-0.15, -0.1) is 0 Å². The van der Waals surface area contributed by atoms with E-state index in [2.05, 4.69) is 4.72 Å². The molecule has 0 aliphatic heterocycles. The Morgan fingerprint density at radius 2 is 1.76 bits per heavy atom. The second-order valence-corrected chi connectivity index (χ2v) is 6.93. The molecule has 0 saturated heterocycles. The summed E-state index contributed by atoms with van der Waals surface area (Å²) in [5.74, 6) is 1.00. The topological polar surface area (TPSA) is 108 Å². The van der Waals surface area contributed by atoms with Gasteiger partial charge in [0.25, 0.3) is 5.69 Å². The summed E-state index contributed by atoms with van der Waals surface area (Å²) >= 11 is 0. The Morgan fingerprint density at radius 1 is 1.08 bits per heavy atom. The van der Waals surface area contributed by atoms with Gasteiger partial charge in [0, 0.05) is 18.2 Å². The summed E-state index contributed by atoms with van der Waals surface area (Å²) < 4.78 is 37.8. The first-order valence-corrected chi connectivity index (χ1v) is 8.75. The molecular weight excluding hydrogens is 348 g/mol. The number of hydrogen-bond acceptors (Lipinski definition) is 6. The van der Waals surface area contributed by atoms with E-state index in [1.54, 1.807) is 25.1 Å². The zero-order valence-corrected chi connectivity index (χ0v) is 14.7. The molecule has 0 bridgehead atoms. The highest BCUT2D eigenvalue weighted by Crippen LogP contribution is 2.30. The zero-order chi connectivity index (χ0) is 18.6. The monoisotopic (exact) mass is 366 g/mol. The molecule has 0 aliphatic carbocycles.